The molecule has 0 aromatic carbocycles. The largest absolute Gasteiger partial charge is 0.392 e. The average molecular weight is 227 g/mol. The van der Waals surface area contributed by atoms with Crippen molar-refractivity contribution >= 4 is 0 Å². The van der Waals surface area contributed by atoms with Crippen molar-refractivity contribution in [3.8, 4) is 0 Å². The maximum absolute atomic E-state index is 9.86. The zero-order valence-corrected chi connectivity index (χ0v) is 11.6. The lowest BCUT2D eigenvalue weighted by Crippen LogP contribution is -2.38. The van der Waals surface area contributed by atoms with Gasteiger partial charge in [0.2, 0.25) is 0 Å². The Labute approximate surface area is 101 Å². The van der Waals surface area contributed by atoms with Gasteiger partial charge in [-0.05, 0) is 31.1 Å². The summed E-state index contributed by atoms with van der Waals surface area (Å²) >= 11 is 0. The summed E-state index contributed by atoms with van der Waals surface area (Å²) in [6, 6.07) is 0.424. The molecule has 16 heavy (non-hydrogen) atoms. The summed E-state index contributed by atoms with van der Waals surface area (Å²) < 4.78 is 0. The molecule has 0 rings (SSSR count). The van der Waals surface area contributed by atoms with Gasteiger partial charge in [0.1, 0.15) is 0 Å². The van der Waals surface area contributed by atoms with Crippen molar-refractivity contribution in [1.82, 2.24) is 5.32 Å². The maximum Gasteiger partial charge on any atom is 0.0669 e. The number of aliphatic hydroxyl groups is 1. The monoisotopic (exact) mass is 227 g/mol. The van der Waals surface area contributed by atoms with Crippen LogP contribution in [-0.4, -0.2) is 23.8 Å². The van der Waals surface area contributed by atoms with Crippen LogP contribution >= 0.6 is 0 Å². The molecule has 3 atom stereocenters. The van der Waals surface area contributed by atoms with Gasteiger partial charge < -0.3 is 10.4 Å². The third kappa shape index (κ3) is 7.89. The van der Waals surface area contributed by atoms with E-state index in [0.717, 1.165) is 12.8 Å². The molecule has 3 unspecified atom stereocenters. The third-order valence-electron chi connectivity index (χ3n) is 2.92. The Hall–Kier alpha value is -0.340. The van der Waals surface area contributed by atoms with Gasteiger partial charge in [-0.2, -0.15) is 0 Å². The molecule has 0 heterocycles. The summed E-state index contributed by atoms with van der Waals surface area (Å²) in [5.41, 5.74) is 0.192. The van der Waals surface area contributed by atoms with Gasteiger partial charge in [-0.3, -0.25) is 0 Å². The van der Waals surface area contributed by atoms with Crippen LogP contribution in [0.4, 0.5) is 0 Å². The predicted molar refractivity (Wildman–Crippen MR) is 71.5 cm³/mol. The van der Waals surface area contributed by atoms with E-state index in [0.29, 0.717) is 18.5 Å². The van der Waals surface area contributed by atoms with Crippen LogP contribution in [0.1, 0.15) is 47.5 Å². The summed E-state index contributed by atoms with van der Waals surface area (Å²) in [5.74, 6) is 0.569. The Morgan fingerprint density at radius 1 is 1.31 bits per heavy atom. The fourth-order valence-corrected chi connectivity index (χ4v) is 1.77. The van der Waals surface area contributed by atoms with E-state index < -0.39 is 0 Å². The van der Waals surface area contributed by atoms with Gasteiger partial charge in [0.25, 0.3) is 0 Å². The van der Waals surface area contributed by atoms with Gasteiger partial charge in [0.15, 0.2) is 0 Å². The molecule has 0 aliphatic heterocycles. The summed E-state index contributed by atoms with van der Waals surface area (Å²) in [5, 5.41) is 13.3. The molecule has 2 heteroatoms. The van der Waals surface area contributed by atoms with Crippen molar-refractivity contribution in [1.29, 1.82) is 0 Å². The standard InChI is InChI=1S/C14H29NO/c1-7-8-11(2)12(3)15-10-13(16)9-14(4,5)6/h7,11-13,15-16H,1,8-10H2,2-6H3. The lowest BCUT2D eigenvalue weighted by molar-refractivity contribution is 0.115. The zero-order chi connectivity index (χ0) is 12.8. The zero-order valence-electron chi connectivity index (χ0n) is 11.6. The minimum Gasteiger partial charge on any atom is -0.392 e. The lowest BCUT2D eigenvalue weighted by Gasteiger charge is -2.25. The predicted octanol–water partition coefficient (Wildman–Crippen LogP) is 2.97. The number of aliphatic hydroxyl groups excluding tert-OH is 1. The summed E-state index contributed by atoms with van der Waals surface area (Å²) in [6.07, 6.45) is 3.55. The van der Waals surface area contributed by atoms with Gasteiger partial charge >= 0.3 is 0 Å². The van der Waals surface area contributed by atoms with Crippen molar-refractivity contribution in [2.45, 2.75) is 59.6 Å². The van der Waals surface area contributed by atoms with Gasteiger partial charge in [-0.15, -0.1) is 6.58 Å². The number of hydrogen-bond donors (Lipinski definition) is 2. The van der Waals surface area contributed by atoms with Gasteiger partial charge in [-0.1, -0.05) is 33.8 Å². The average Bonchev–Trinajstić information content (AvgIpc) is 2.11. The summed E-state index contributed by atoms with van der Waals surface area (Å²) in [6.45, 7) is 15.3. The molecule has 0 bridgehead atoms. The molecule has 0 aromatic rings. The van der Waals surface area contributed by atoms with Crippen LogP contribution in [0.3, 0.4) is 0 Å². The smallest absolute Gasteiger partial charge is 0.0669 e. The fraction of sp³-hybridized carbons (Fsp3) is 0.857. The second kappa shape index (κ2) is 7.08. The Morgan fingerprint density at radius 3 is 2.31 bits per heavy atom. The highest BCUT2D eigenvalue weighted by Gasteiger charge is 2.18. The van der Waals surface area contributed by atoms with Gasteiger partial charge in [0, 0.05) is 12.6 Å². The van der Waals surface area contributed by atoms with E-state index >= 15 is 0 Å². The van der Waals surface area contributed by atoms with Crippen molar-refractivity contribution in [3.05, 3.63) is 12.7 Å². The number of allylic oxidation sites excluding steroid dienone is 1. The highest BCUT2D eigenvalue weighted by atomic mass is 16.3. The molecule has 0 spiro atoms. The second-order valence-corrected chi connectivity index (χ2v) is 6.12. The Kier molecular flexibility index (Phi) is 6.93. The molecule has 0 aromatic heterocycles. The van der Waals surface area contributed by atoms with E-state index in [1.54, 1.807) is 0 Å². The number of rotatable bonds is 7. The van der Waals surface area contributed by atoms with Crippen molar-refractivity contribution in [3.63, 3.8) is 0 Å². The van der Waals surface area contributed by atoms with Crippen LogP contribution in [0.25, 0.3) is 0 Å². The second-order valence-electron chi connectivity index (χ2n) is 6.12. The third-order valence-corrected chi connectivity index (χ3v) is 2.92. The van der Waals surface area contributed by atoms with E-state index in [2.05, 4.69) is 46.5 Å². The molecule has 0 saturated carbocycles. The first-order chi connectivity index (χ1) is 7.26. The van der Waals surface area contributed by atoms with Crippen LogP contribution < -0.4 is 5.32 Å². The quantitative estimate of drug-likeness (QED) is 0.655. The molecule has 2 nitrogen and oxygen atoms in total. The van der Waals surface area contributed by atoms with Gasteiger partial charge in [0.05, 0.1) is 6.10 Å². The lowest BCUT2D eigenvalue weighted by atomic mass is 9.89. The number of nitrogens with one attached hydrogen (secondary N) is 1. The van der Waals surface area contributed by atoms with Crippen LogP contribution in [0.5, 0.6) is 0 Å². The molecule has 0 fully saturated rings. The van der Waals surface area contributed by atoms with Gasteiger partial charge in [-0.25, -0.2) is 0 Å². The Morgan fingerprint density at radius 2 is 1.88 bits per heavy atom. The van der Waals surface area contributed by atoms with Crippen LogP contribution in [0, 0.1) is 11.3 Å². The Balaban J connectivity index is 3.82. The molecule has 0 saturated heterocycles. The van der Waals surface area contributed by atoms with Crippen molar-refractivity contribution in [2.24, 2.45) is 11.3 Å². The molecule has 0 aliphatic rings. The first-order valence-electron chi connectivity index (χ1n) is 6.28. The normalized spacial score (nSPS) is 17.9. The van der Waals surface area contributed by atoms with E-state index in [9.17, 15) is 5.11 Å². The van der Waals surface area contributed by atoms with Crippen LogP contribution in [0.2, 0.25) is 0 Å². The van der Waals surface area contributed by atoms with E-state index in [4.69, 9.17) is 0 Å². The first kappa shape index (κ1) is 15.7. The van der Waals surface area contributed by atoms with Crippen LogP contribution in [0.15, 0.2) is 12.7 Å². The SMILES string of the molecule is C=CCC(C)C(C)NCC(O)CC(C)(C)C. The summed E-state index contributed by atoms with van der Waals surface area (Å²) in [4.78, 5) is 0. The minimum atomic E-state index is -0.251. The molecule has 96 valence electrons. The molecule has 0 radical (unpaired) electrons. The van der Waals surface area contributed by atoms with Crippen LogP contribution in [-0.2, 0) is 0 Å². The van der Waals surface area contributed by atoms with Crippen molar-refractivity contribution in [2.75, 3.05) is 6.54 Å². The molecule has 0 aliphatic carbocycles. The maximum atomic E-state index is 9.86. The number of hydrogen-bond acceptors (Lipinski definition) is 2. The summed E-state index contributed by atoms with van der Waals surface area (Å²) in [7, 11) is 0. The molecule has 0 amide bonds. The Bertz CT molecular complexity index is 195. The highest BCUT2D eigenvalue weighted by molar-refractivity contribution is 4.78. The van der Waals surface area contributed by atoms with E-state index in [-0.39, 0.29) is 11.5 Å². The minimum absolute atomic E-state index is 0.192. The fourth-order valence-electron chi connectivity index (χ4n) is 1.77. The van der Waals surface area contributed by atoms with Crippen molar-refractivity contribution < 1.29 is 5.11 Å². The molecule has 2 N–H and O–H groups in total. The van der Waals surface area contributed by atoms with E-state index in [1.807, 2.05) is 6.08 Å². The topological polar surface area (TPSA) is 32.3 Å². The molecular formula is C14H29NO. The highest BCUT2D eigenvalue weighted by Crippen LogP contribution is 2.20. The molecular weight excluding hydrogens is 198 g/mol. The first-order valence-corrected chi connectivity index (χ1v) is 6.28. The van der Waals surface area contributed by atoms with E-state index in [1.165, 1.54) is 0 Å².